The number of amides is 2. The number of hydrogen-bond donors (Lipinski definition) is 0. The summed E-state index contributed by atoms with van der Waals surface area (Å²) in [6, 6.07) is 11.5. The minimum absolute atomic E-state index is 0.168. The summed E-state index contributed by atoms with van der Waals surface area (Å²) in [5.74, 6) is -2.96. The molecule has 3 heterocycles. The Morgan fingerprint density at radius 2 is 1.75 bits per heavy atom. The fraction of sp³-hybridized carbons (Fsp3) is 0.250. The Bertz CT molecular complexity index is 1450. The van der Waals surface area contributed by atoms with Gasteiger partial charge in [-0.05, 0) is 42.8 Å². The van der Waals surface area contributed by atoms with Crippen LogP contribution in [-0.4, -0.2) is 34.2 Å². The fourth-order valence-corrected chi connectivity index (χ4v) is 7.85. The number of ether oxygens (including phenoxy) is 1. The molecule has 3 unspecified atom stereocenters. The first-order chi connectivity index (χ1) is 17.2. The van der Waals surface area contributed by atoms with Crippen molar-refractivity contribution in [3.05, 3.63) is 77.6 Å². The maximum absolute atomic E-state index is 13.8. The Labute approximate surface area is 228 Å². The predicted molar refractivity (Wildman–Crippen MR) is 141 cm³/mol. The number of anilines is 1. The van der Waals surface area contributed by atoms with Gasteiger partial charge in [-0.25, -0.2) is 4.90 Å². The van der Waals surface area contributed by atoms with E-state index in [-0.39, 0.29) is 23.2 Å². The molecule has 2 aliphatic rings. The molecule has 2 aromatic carbocycles. The maximum Gasteiger partial charge on any atom is 0.326 e. The highest BCUT2D eigenvalue weighted by atomic mass is 35.5. The molecule has 2 aliphatic heterocycles. The van der Waals surface area contributed by atoms with Crippen LogP contribution < -0.4 is 9.77 Å². The van der Waals surface area contributed by atoms with Crippen molar-refractivity contribution in [2.24, 2.45) is 5.92 Å². The summed E-state index contributed by atoms with van der Waals surface area (Å²) in [5, 5.41) is 0.597. The second-order valence-corrected chi connectivity index (χ2v) is 11.4. The molecule has 3 aromatic rings. The van der Waals surface area contributed by atoms with E-state index in [0.29, 0.717) is 26.2 Å². The number of esters is 1. The van der Waals surface area contributed by atoms with E-state index >= 15 is 0 Å². The molecule has 12 heteroatoms. The molecule has 0 aliphatic carbocycles. The molecule has 2 amide bonds. The van der Waals surface area contributed by atoms with Crippen LogP contribution in [0.2, 0.25) is 15.1 Å². The molecule has 0 bridgehead atoms. The van der Waals surface area contributed by atoms with Crippen LogP contribution in [0.15, 0.2) is 52.3 Å². The van der Waals surface area contributed by atoms with E-state index in [2.05, 4.69) is 0 Å². The molecule has 5 rings (SSSR count). The molecule has 0 saturated carbocycles. The molecule has 1 saturated heterocycles. The largest absolute Gasteiger partial charge is 0.465 e. The van der Waals surface area contributed by atoms with Crippen LogP contribution in [0.25, 0.3) is 0 Å². The first-order valence-electron chi connectivity index (χ1n) is 10.9. The topological polar surface area (TPSA) is 85.7 Å². The quantitative estimate of drug-likeness (QED) is 0.302. The molecule has 3 atom stereocenters. The van der Waals surface area contributed by atoms with Crippen molar-refractivity contribution < 1.29 is 19.1 Å². The zero-order valence-corrected chi connectivity index (χ0v) is 22.5. The molecule has 0 N–H and O–H groups in total. The van der Waals surface area contributed by atoms with Crippen LogP contribution in [0.4, 0.5) is 5.69 Å². The summed E-state index contributed by atoms with van der Waals surface area (Å²) in [7, 11) is 0. The average molecular weight is 584 g/mol. The molecule has 1 fully saturated rings. The second-order valence-electron chi connectivity index (χ2n) is 8.10. The van der Waals surface area contributed by atoms with Gasteiger partial charge in [0, 0.05) is 15.8 Å². The lowest BCUT2D eigenvalue weighted by Gasteiger charge is -2.31. The van der Waals surface area contributed by atoms with Gasteiger partial charge in [0.1, 0.15) is 11.8 Å². The summed E-state index contributed by atoms with van der Waals surface area (Å²) in [6.45, 7) is 1.54. The van der Waals surface area contributed by atoms with Crippen molar-refractivity contribution in [1.82, 2.24) is 4.57 Å². The molecule has 186 valence electrons. The fourth-order valence-electron chi connectivity index (χ4n) is 4.53. The van der Waals surface area contributed by atoms with Gasteiger partial charge in [0.05, 0.1) is 33.3 Å². The summed E-state index contributed by atoms with van der Waals surface area (Å²) in [5.41, 5.74) is 0.928. The maximum atomic E-state index is 13.8. The van der Waals surface area contributed by atoms with E-state index in [1.54, 1.807) is 49.4 Å². The molecule has 0 spiro atoms. The molecule has 1 aromatic heterocycles. The van der Waals surface area contributed by atoms with Gasteiger partial charge in [0.15, 0.2) is 0 Å². The number of imide groups is 1. The first-order valence-corrected chi connectivity index (χ1v) is 13.7. The van der Waals surface area contributed by atoms with Gasteiger partial charge in [0.25, 0.3) is 0 Å². The van der Waals surface area contributed by atoms with Crippen LogP contribution in [0.5, 0.6) is 0 Å². The third-order valence-electron chi connectivity index (χ3n) is 6.04. The normalized spacial score (nSPS) is 20.9. The Morgan fingerprint density at radius 3 is 2.44 bits per heavy atom. The zero-order chi connectivity index (χ0) is 25.7. The first kappa shape index (κ1) is 25.4. The lowest BCUT2D eigenvalue weighted by atomic mass is 9.83. The Balaban J connectivity index is 1.68. The monoisotopic (exact) mass is 582 g/mol. The summed E-state index contributed by atoms with van der Waals surface area (Å²) in [4.78, 5) is 54.0. The van der Waals surface area contributed by atoms with Crippen LogP contribution >= 0.6 is 57.9 Å². The van der Waals surface area contributed by atoms with Crippen molar-refractivity contribution >= 4 is 81.4 Å². The Morgan fingerprint density at radius 1 is 1.03 bits per heavy atom. The number of rotatable bonds is 5. The van der Waals surface area contributed by atoms with Crippen molar-refractivity contribution in [3.8, 4) is 0 Å². The summed E-state index contributed by atoms with van der Waals surface area (Å²) in [6.07, 6.45) is 0. The summed E-state index contributed by atoms with van der Waals surface area (Å²) < 4.78 is 6.33. The number of halogens is 3. The van der Waals surface area contributed by atoms with Gasteiger partial charge in [-0.3, -0.25) is 23.7 Å². The molecule has 36 heavy (non-hydrogen) atoms. The van der Waals surface area contributed by atoms with Crippen LogP contribution in [-0.2, 0) is 25.7 Å². The number of aromatic nitrogens is 1. The second kappa shape index (κ2) is 9.87. The minimum Gasteiger partial charge on any atom is -0.465 e. The van der Waals surface area contributed by atoms with Gasteiger partial charge in [-0.2, -0.15) is 0 Å². The number of thiazole rings is 1. The highest BCUT2D eigenvalue weighted by Gasteiger charge is 2.57. The van der Waals surface area contributed by atoms with Gasteiger partial charge in [-0.15, -0.1) is 0 Å². The molecule has 0 radical (unpaired) electrons. The number of benzene rings is 2. The van der Waals surface area contributed by atoms with Crippen molar-refractivity contribution in [2.75, 3.05) is 11.5 Å². The standard InChI is InChI=1S/C24H17Cl3N2O5S2/c1-2-34-15(30)10-28-23-20(36-24(28)33)16(13-4-3-5-14(26)18(13)27)17-19(35-23)22(32)29(21(17)31)12-8-6-11(25)7-9-12/h3-9,16-17,19H,2,10H2,1H3. The van der Waals surface area contributed by atoms with E-state index < -0.39 is 39.7 Å². The van der Waals surface area contributed by atoms with Crippen LogP contribution in [0.1, 0.15) is 23.3 Å². The van der Waals surface area contributed by atoms with E-state index in [1.165, 1.54) is 4.57 Å². The lowest BCUT2D eigenvalue weighted by molar-refractivity contribution is -0.144. The van der Waals surface area contributed by atoms with Crippen LogP contribution in [0, 0.1) is 5.92 Å². The molecular weight excluding hydrogens is 567 g/mol. The van der Waals surface area contributed by atoms with Crippen molar-refractivity contribution in [1.29, 1.82) is 0 Å². The van der Waals surface area contributed by atoms with E-state index in [9.17, 15) is 19.2 Å². The van der Waals surface area contributed by atoms with Crippen molar-refractivity contribution in [2.45, 2.75) is 29.7 Å². The predicted octanol–water partition coefficient (Wildman–Crippen LogP) is 5.23. The van der Waals surface area contributed by atoms with Crippen LogP contribution in [0.3, 0.4) is 0 Å². The summed E-state index contributed by atoms with van der Waals surface area (Å²) >= 11 is 20.9. The van der Waals surface area contributed by atoms with Gasteiger partial charge < -0.3 is 4.74 Å². The number of thioether (sulfide) groups is 1. The third kappa shape index (κ3) is 4.16. The Hall–Kier alpha value is -2.30. The molecular formula is C24H17Cl3N2O5S2. The van der Waals surface area contributed by atoms with E-state index in [4.69, 9.17) is 39.5 Å². The number of carbonyl (C=O) groups excluding carboxylic acids is 3. The van der Waals surface area contributed by atoms with E-state index in [1.807, 2.05) is 0 Å². The lowest BCUT2D eigenvalue weighted by Crippen LogP contribution is -2.33. The minimum atomic E-state index is -0.844. The average Bonchev–Trinajstić information content (AvgIpc) is 3.28. The highest BCUT2D eigenvalue weighted by molar-refractivity contribution is 8.00. The third-order valence-corrected chi connectivity index (χ3v) is 9.73. The van der Waals surface area contributed by atoms with Crippen molar-refractivity contribution in [3.63, 3.8) is 0 Å². The smallest absolute Gasteiger partial charge is 0.326 e. The number of nitrogens with zero attached hydrogens (tertiary/aromatic N) is 2. The van der Waals surface area contributed by atoms with E-state index in [0.717, 1.165) is 28.0 Å². The number of carbonyl (C=O) groups is 3. The Kier molecular flexibility index (Phi) is 6.95. The van der Waals surface area contributed by atoms with Gasteiger partial charge in [-0.1, -0.05) is 70.0 Å². The SMILES string of the molecule is CCOC(=O)Cn1c2c(sc1=O)C(c1cccc(Cl)c1Cl)C1C(=O)N(c3ccc(Cl)cc3)C(=O)C1S2. The van der Waals surface area contributed by atoms with Gasteiger partial charge >= 0.3 is 10.8 Å². The number of hydrogen-bond acceptors (Lipinski definition) is 7. The highest BCUT2D eigenvalue weighted by Crippen LogP contribution is 2.55. The zero-order valence-electron chi connectivity index (χ0n) is 18.6. The molecule has 7 nitrogen and oxygen atoms in total. The van der Waals surface area contributed by atoms with Gasteiger partial charge in [0.2, 0.25) is 11.8 Å². The number of fused-ring (bicyclic) bond motifs is 2.